The number of rotatable bonds is 4. The highest BCUT2D eigenvalue weighted by atomic mass is 19.4. The first-order valence-electron chi connectivity index (χ1n) is 6.17. The summed E-state index contributed by atoms with van der Waals surface area (Å²) in [6.07, 6.45) is -4.41. The first-order chi connectivity index (χ1) is 10.2. The number of esters is 1. The molecule has 120 valence electrons. The number of hydrogen-bond donors (Lipinski definition) is 1. The van der Waals surface area contributed by atoms with E-state index in [9.17, 15) is 22.4 Å². The summed E-state index contributed by atoms with van der Waals surface area (Å²) in [5, 5.41) is 0. The van der Waals surface area contributed by atoms with Crippen molar-refractivity contribution in [3.05, 3.63) is 46.9 Å². The van der Waals surface area contributed by atoms with E-state index in [1.807, 2.05) is 0 Å². The van der Waals surface area contributed by atoms with Gasteiger partial charge in [0.2, 0.25) is 0 Å². The SMILES string of the molecule is CCN=C(C(=CN)C(F)(F)F)c1cc(F)cc(C(=O)OC)c1. The summed E-state index contributed by atoms with van der Waals surface area (Å²) in [5.41, 5.74) is 2.86. The van der Waals surface area contributed by atoms with Crippen molar-refractivity contribution in [2.24, 2.45) is 10.7 Å². The molecule has 0 aromatic heterocycles. The average Bonchev–Trinajstić information content (AvgIpc) is 2.44. The summed E-state index contributed by atoms with van der Waals surface area (Å²) in [7, 11) is 1.08. The molecule has 0 atom stereocenters. The van der Waals surface area contributed by atoms with Crippen LogP contribution in [0.25, 0.3) is 0 Å². The Morgan fingerprint density at radius 1 is 1.32 bits per heavy atom. The van der Waals surface area contributed by atoms with Crippen molar-refractivity contribution in [3.8, 4) is 0 Å². The van der Waals surface area contributed by atoms with Gasteiger partial charge >= 0.3 is 12.1 Å². The highest BCUT2D eigenvalue weighted by Crippen LogP contribution is 2.29. The van der Waals surface area contributed by atoms with Crippen molar-refractivity contribution < 1.29 is 27.1 Å². The molecule has 0 amide bonds. The Kier molecular flexibility index (Phi) is 5.67. The average molecular weight is 318 g/mol. The van der Waals surface area contributed by atoms with Crippen LogP contribution in [0.5, 0.6) is 0 Å². The fourth-order valence-corrected chi connectivity index (χ4v) is 1.76. The van der Waals surface area contributed by atoms with Crippen LogP contribution >= 0.6 is 0 Å². The number of benzene rings is 1. The maximum Gasteiger partial charge on any atom is 0.419 e. The van der Waals surface area contributed by atoms with Gasteiger partial charge in [0, 0.05) is 18.3 Å². The van der Waals surface area contributed by atoms with Gasteiger partial charge in [-0.05, 0) is 25.1 Å². The second kappa shape index (κ2) is 7.06. The van der Waals surface area contributed by atoms with Crippen molar-refractivity contribution in [3.63, 3.8) is 0 Å². The van der Waals surface area contributed by atoms with E-state index >= 15 is 0 Å². The zero-order valence-corrected chi connectivity index (χ0v) is 11.9. The molecule has 0 saturated carbocycles. The van der Waals surface area contributed by atoms with Crippen LogP contribution in [-0.4, -0.2) is 31.5 Å². The van der Waals surface area contributed by atoms with Gasteiger partial charge in [-0.1, -0.05) is 0 Å². The molecular formula is C14H14F4N2O2. The zero-order chi connectivity index (χ0) is 16.9. The van der Waals surface area contributed by atoms with Gasteiger partial charge in [0.15, 0.2) is 0 Å². The second-order valence-electron chi connectivity index (χ2n) is 4.12. The predicted molar refractivity (Wildman–Crippen MR) is 73.1 cm³/mol. The number of carbonyl (C=O) groups excluding carboxylic acids is 1. The smallest absolute Gasteiger partial charge is 0.419 e. The quantitative estimate of drug-likeness (QED) is 0.527. The lowest BCUT2D eigenvalue weighted by molar-refractivity contribution is -0.0861. The van der Waals surface area contributed by atoms with E-state index < -0.39 is 29.2 Å². The van der Waals surface area contributed by atoms with Crippen molar-refractivity contribution >= 4 is 11.7 Å². The summed E-state index contributed by atoms with van der Waals surface area (Å²) in [4.78, 5) is 15.2. The van der Waals surface area contributed by atoms with Crippen molar-refractivity contribution in [1.29, 1.82) is 0 Å². The monoisotopic (exact) mass is 318 g/mol. The summed E-state index contributed by atoms with van der Waals surface area (Å²) in [5.74, 6) is -1.76. The number of methoxy groups -OCH3 is 1. The highest BCUT2D eigenvalue weighted by Gasteiger charge is 2.37. The Hall–Kier alpha value is -2.38. The molecule has 4 nitrogen and oxygen atoms in total. The number of nitrogens with zero attached hydrogens (tertiary/aromatic N) is 1. The first kappa shape index (κ1) is 17.7. The van der Waals surface area contributed by atoms with Gasteiger partial charge in [-0.25, -0.2) is 9.18 Å². The Morgan fingerprint density at radius 2 is 1.91 bits per heavy atom. The van der Waals surface area contributed by atoms with Gasteiger partial charge in [0.1, 0.15) is 5.82 Å². The molecule has 0 bridgehead atoms. The molecule has 0 radical (unpaired) electrons. The summed E-state index contributed by atoms with van der Waals surface area (Å²) in [6.45, 7) is 1.54. The highest BCUT2D eigenvalue weighted by molar-refractivity contribution is 6.14. The third-order valence-electron chi connectivity index (χ3n) is 2.64. The van der Waals surface area contributed by atoms with E-state index in [0.29, 0.717) is 6.20 Å². The third kappa shape index (κ3) is 4.06. The summed E-state index contributed by atoms with van der Waals surface area (Å²) in [6, 6.07) is 2.77. The number of ether oxygens (including phenoxy) is 1. The van der Waals surface area contributed by atoms with Crippen LogP contribution in [0.1, 0.15) is 22.8 Å². The standard InChI is InChI=1S/C14H14F4N2O2/c1-3-20-12(11(7-19)14(16,17)18)8-4-9(13(21)22-2)6-10(15)5-8/h4-7H,3,19H2,1-2H3. The molecule has 1 aromatic rings. The van der Waals surface area contributed by atoms with Gasteiger partial charge in [0.25, 0.3) is 0 Å². The van der Waals surface area contributed by atoms with Crippen LogP contribution in [0.3, 0.4) is 0 Å². The maximum atomic E-state index is 13.6. The number of hydrogen-bond acceptors (Lipinski definition) is 4. The molecule has 0 aliphatic carbocycles. The Morgan fingerprint density at radius 3 is 2.36 bits per heavy atom. The topological polar surface area (TPSA) is 64.7 Å². The molecule has 0 heterocycles. The third-order valence-corrected chi connectivity index (χ3v) is 2.64. The van der Waals surface area contributed by atoms with Crippen LogP contribution in [0.4, 0.5) is 17.6 Å². The lowest BCUT2D eigenvalue weighted by atomic mass is 10.00. The van der Waals surface area contributed by atoms with Crippen molar-refractivity contribution in [1.82, 2.24) is 0 Å². The van der Waals surface area contributed by atoms with Gasteiger partial charge in [-0.15, -0.1) is 0 Å². The van der Waals surface area contributed by atoms with Crippen LogP contribution < -0.4 is 5.73 Å². The number of alkyl halides is 3. The van der Waals surface area contributed by atoms with E-state index in [1.165, 1.54) is 6.92 Å². The lowest BCUT2D eigenvalue weighted by Gasteiger charge is -2.15. The van der Waals surface area contributed by atoms with Gasteiger partial charge in [0.05, 0.1) is 24.0 Å². The molecule has 0 aliphatic rings. The Balaban J connectivity index is 3.50. The van der Waals surface area contributed by atoms with Gasteiger partial charge in [-0.2, -0.15) is 13.2 Å². The molecule has 1 aromatic carbocycles. The van der Waals surface area contributed by atoms with Gasteiger partial charge in [-0.3, -0.25) is 4.99 Å². The molecule has 8 heteroatoms. The fraction of sp³-hybridized carbons (Fsp3) is 0.286. The molecule has 0 spiro atoms. The molecule has 0 fully saturated rings. The van der Waals surface area contributed by atoms with Crippen LogP contribution in [0.2, 0.25) is 0 Å². The molecule has 1 rings (SSSR count). The lowest BCUT2D eigenvalue weighted by Crippen LogP contribution is -2.23. The maximum absolute atomic E-state index is 13.6. The van der Waals surface area contributed by atoms with Crippen LogP contribution in [0, 0.1) is 5.82 Å². The van der Waals surface area contributed by atoms with E-state index in [1.54, 1.807) is 0 Å². The number of halogens is 4. The van der Waals surface area contributed by atoms with E-state index in [-0.39, 0.29) is 17.7 Å². The molecule has 0 unspecified atom stereocenters. The molecule has 2 N–H and O–H groups in total. The fourth-order valence-electron chi connectivity index (χ4n) is 1.76. The molecule has 22 heavy (non-hydrogen) atoms. The van der Waals surface area contributed by atoms with Crippen molar-refractivity contribution in [2.75, 3.05) is 13.7 Å². The Bertz CT molecular complexity index is 622. The number of nitrogens with two attached hydrogens (primary N) is 1. The molecule has 0 saturated heterocycles. The van der Waals surface area contributed by atoms with Crippen LogP contribution in [0.15, 0.2) is 35.0 Å². The predicted octanol–water partition coefficient (Wildman–Crippen LogP) is 2.83. The van der Waals surface area contributed by atoms with Crippen LogP contribution in [-0.2, 0) is 4.74 Å². The first-order valence-corrected chi connectivity index (χ1v) is 6.17. The van der Waals surface area contributed by atoms with Gasteiger partial charge < -0.3 is 10.5 Å². The zero-order valence-electron chi connectivity index (χ0n) is 11.9. The molecular weight excluding hydrogens is 304 g/mol. The number of carbonyl (C=O) groups is 1. The minimum absolute atomic E-state index is 0.0207. The number of aliphatic imine (C=N–C) groups is 1. The Labute approximate surface area is 124 Å². The minimum atomic E-state index is -4.76. The number of allylic oxidation sites excluding steroid dienone is 1. The van der Waals surface area contributed by atoms with E-state index in [0.717, 1.165) is 25.3 Å². The normalized spacial score (nSPS) is 13.2. The molecule has 0 aliphatic heterocycles. The second-order valence-corrected chi connectivity index (χ2v) is 4.12. The summed E-state index contributed by atoms with van der Waals surface area (Å²) >= 11 is 0. The minimum Gasteiger partial charge on any atom is -0.465 e. The van der Waals surface area contributed by atoms with E-state index in [4.69, 9.17) is 5.73 Å². The largest absolute Gasteiger partial charge is 0.465 e. The van der Waals surface area contributed by atoms with E-state index in [2.05, 4.69) is 9.73 Å². The van der Waals surface area contributed by atoms with Crippen molar-refractivity contribution in [2.45, 2.75) is 13.1 Å². The summed E-state index contributed by atoms with van der Waals surface area (Å²) < 4.78 is 57.0.